The molecule has 2 rings (SSSR count). The molecule has 0 N–H and O–H groups in total. The predicted octanol–water partition coefficient (Wildman–Crippen LogP) is 4.12. The summed E-state index contributed by atoms with van der Waals surface area (Å²) in [5.41, 5.74) is 2.19. The molecule has 98 valence electrons. The second-order valence-electron chi connectivity index (χ2n) is 3.46. The van der Waals surface area contributed by atoms with Crippen molar-refractivity contribution >= 4 is 11.6 Å². The van der Waals surface area contributed by atoms with Gasteiger partial charge in [-0.25, -0.2) is 4.98 Å². The van der Waals surface area contributed by atoms with Crippen LogP contribution in [0.25, 0.3) is 5.69 Å². The molecule has 4 heteroatoms. The smallest absolute Gasteiger partial charge is 0.147 e. The molecule has 0 amide bonds. The SMILES string of the molecule is CC.CCc1ccc(-n2cnc(Cl)c2)c(OC)c1. The van der Waals surface area contributed by atoms with E-state index in [-0.39, 0.29) is 0 Å². The van der Waals surface area contributed by atoms with E-state index < -0.39 is 0 Å². The van der Waals surface area contributed by atoms with Gasteiger partial charge in [-0.3, -0.25) is 0 Å². The molecule has 1 aromatic heterocycles. The Morgan fingerprint density at radius 1 is 1.33 bits per heavy atom. The number of rotatable bonds is 3. The van der Waals surface area contributed by atoms with Crippen molar-refractivity contribution in [1.82, 2.24) is 9.55 Å². The van der Waals surface area contributed by atoms with Crippen LogP contribution in [0, 0.1) is 0 Å². The second kappa shape index (κ2) is 7.07. The minimum atomic E-state index is 0.474. The number of imidazole rings is 1. The summed E-state index contributed by atoms with van der Waals surface area (Å²) >= 11 is 5.79. The molecule has 0 atom stereocenters. The maximum Gasteiger partial charge on any atom is 0.147 e. The van der Waals surface area contributed by atoms with E-state index >= 15 is 0 Å². The summed E-state index contributed by atoms with van der Waals surface area (Å²) in [7, 11) is 1.66. The first kappa shape index (κ1) is 14.6. The fourth-order valence-electron chi connectivity index (χ4n) is 1.59. The quantitative estimate of drug-likeness (QED) is 0.835. The number of aryl methyl sites for hydroxylation is 1. The number of hydrogen-bond acceptors (Lipinski definition) is 2. The maximum atomic E-state index is 5.79. The second-order valence-corrected chi connectivity index (χ2v) is 3.85. The van der Waals surface area contributed by atoms with Gasteiger partial charge in [0.2, 0.25) is 0 Å². The van der Waals surface area contributed by atoms with Gasteiger partial charge < -0.3 is 9.30 Å². The van der Waals surface area contributed by atoms with Crippen LogP contribution in [0.2, 0.25) is 5.15 Å². The van der Waals surface area contributed by atoms with E-state index in [1.807, 2.05) is 30.5 Å². The van der Waals surface area contributed by atoms with Crippen molar-refractivity contribution in [1.29, 1.82) is 0 Å². The third kappa shape index (κ3) is 3.26. The molecule has 0 saturated carbocycles. The summed E-state index contributed by atoms with van der Waals surface area (Å²) in [6.45, 7) is 6.11. The van der Waals surface area contributed by atoms with Crippen LogP contribution < -0.4 is 4.74 Å². The fraction of sp³-hybridized carbons (Fsp3) is 0.357. The van der Waals surface area contributed by atoms with Gasteiger partial charge in [-0.1, -0.05) is 38.4 Å². The van der Waals surface area contributed by atoms with Crippen molar-refractivity contribution in [2.24, 2.45) is 0 Å². The Balaban J connectivity index is 0.000000771. The average molecular weight is 267 g/mol. The molecule has 0 unspecified atom stereocenters. The molecule has 0 bridgehead atoms. The molecule has 0 radical (unpaired) electrons. The Morgan fingerprint density at radius 2 is 2.06 bits per heavy atom. The van der Waals surface area contributed by atoms with Crippen LogP contribution in [0.4, 0.5) is 0 Å². The lowest BCUT2D eigenvalue weighted by atomic mass is 10.1. The van der Waals surface area contributed by atoms with Crippen LogP contribution in [-0.2, 0) is 6.42 Å². The van der Waals surface area contributed by atoms with Crippen LogP contribution >= 0.6 is 11.6 Å². The van der Waals surface area contributed by atoms with E-state index in [0.29, 0.717) is 5.15 Å². The fourth-order valence-corrected chi connectivity index (χ4v) is 1.73. The number of benzene rings is 1. The zero-order valence-corrected chi connectivity index (χ0v) is 12.0. The number of nitrogens with zero attached hydrogens (tertiary/aromatic N) is 2. The topological polar surface area (TPSA) is 27.1 Å². The van der Waals surface area contributed by atoms with E-state index in [0.717, 1.165) is 17.9 Å². The molecule has 1 heterocycles. The molecule has 2 aromatic rings. The summed E-state index contributed by atoms with van der Waals surface area (Å²) in [6.07, 6.45) is 4.41. The minimum absolute atomic E-state index is 0.474. The summed E-state index contributed by atoms with van der Waals surface area (Å²) in [4.78, 5) is 3.98. The van der Waals surface area contributed by atoms with Crippen LogP contribution in [0.3, 0.4) is 0 Å². The van der Waals surface area contributed by atoms with E-state index in [1.165, 1.54) is 5.56 Å². The number of halogens is 1. The largest absolute Gasteiger partial charge is 0.495 e. The van der Waals surface area contributed by atoms with Gasteiger partial charge in [0.25, 0.3) is 0 Å². The molecule has 0 aliphatic heterocycles. The Kier molecular flexibility index (Phi) is 5.72. The maximum absolute atomic E-state index is 5.79. The highest BCUT2D eigenvalue weighted by Crippen LogP contribution is 2.25. The van der Waals surface area contributed by atoms with E-state index in [4.69, 9.17) is 16.3 Å². The van der Waals surface area contributed by atoms with Crippen LogP contribution in [0.15, 0.2) is 30.7 Å². The number of hydrogen-bond donors (Lipinski definition) is 0. The molecule has 1 aromatic carbocycles. The molecule has 0 aliphatic rings. The zero-order chi connectivity index (χ0) is 13.5. The first-order valence-electron chi connectivity index (χ1n) is 6.11. The molecule has 0 saturated heterocycles. The standard InChI is InChI=1S/C12H13ClN2O.C2H6/c1-3-9-4-5-10(11(6-9)16-2)15-7-12(13)14-8-15;1-2/h4-8H,3H2,1-2H3;1-2H3. The van der Waals surface area contributed by atoms with Crippen molar-refractivity contribution in [2.45, 2.75) is 27.2 Å². The number of aromatic nitrogens is 2. The lowest BCUT2D eigenvalue weighted by molar-refractivity contribution is 0.412. The Labute approximate surface area is 113 Å². The molecule has 0 spiro atoms. The minimum Gasteiger partial charge on any atom is -0.495 e. The Hall–Kier alpha value is -1.48. The van der Waals surface area contributed by atoms with Crippen LogP contribution in [-0.4, -0.2) is 16.7 Å². The molecule has 18 heavy (non-hydrogen) atoms. The van der Waals surface area contributed by atoms with Gasteiger partial charge in [0.1, 0.15) is 17.2 Å². The highest BCUT2D eigenvalue weighted by molar-refractivity contribution is 6.29. The molecule has 0 fully saturated rings. The summed E-state index contributed by atoms with van der Waals surface area (Å²) < 4.78 is 7.21. The highest BCUT2D eigenvalue weighted by atomic mass is 35.5. The van der Waals surface area contributed by atoms with Crippen LogP contribution in [0.5, 0.6) is 5.75 Å². The Morgan fingerprint density at radius 3 is 2.56 bits per heavy atom. The monoisotopic (exact) mass is 266 g/mol. The third-order valence-corrected chi connectivity index (χ3v) is 2.68. The number of methoxy groups -OCH3 is 1. The van der Waals surface area contributed by atoms with Crippen molar-refractivity contribution < 1.29 is 4.74 Å². The van der Waals surface area contributed by atoms with E-state index in [1.54, 1.807) is 19.6 Å². The summed E-state index contributed by atoms with van der Waals surface area (Å²) in [5, 5.41) is 0.474. The van der Waals surface area contributed by atoms with Crippen molar-refractivity contribution in [2.75, 3.05) is 7.11 Å². The lowest BCUT2D eigenvalue weighted by Crippen LogP contribution is -1.96. The van der Waals surface area contributed by atoms with Crippen molar-refractivity contribution in [3.8, 4) is 11.4 Å². The van der Waals surface area contributed by atoms with Gasteiger partial charge in [0, 0.05) is 6.20 Å². The summed E-state index contributed by atoms with van der Waals surface area (Å²) in [6, 6.07) is 6.12. The van der Waals surface area contributed by atoms with Gasteiger partial charge in [-0.2, -0.15) is 0 Å². The lowest BCUT2D eigenvalue weighted by Gasteiger charge is -2.10. The van der Waals surface area contributed by atoms with Gasteiger partial charge in [-0.05, 0) is 24.1 Å². The normalized spacial score (nSPS) is 9.61. The van der Waals surface area contributed by atoms with Gasteiger partial charge in [-0.15, -0.1) is 0 Å². The molecule has 3 nitrogen and oxygen atoms in total. The van der Waals surface area contributed by atoms with Gasteiger partial charge in [0.05, 0.1) is 12.8 Å². The summed E-state index contributed by atoms with van der Waals surface area (Å²) in [5.74, 6) is 0.827. The average Bonchev–Trinajstić information content (AvgIpc) is 2.86. The van der Waals surface area contributed by atoms with E-state index in [9.17, 15) is 0 Å². The van der Waals surface area contributed by atoms with Gasteiger partial charge >= 0.3 is 0 Å². The molecular weight excluding hydrogens is 248 g/mol. The number of ether oxygens (including phenoxy) is 1. The molecular formula is C14H19ClN2O. The first-order chi connectivity index (χ1) is 8.74. The highest BCUT2D eigenvalue weighted by Gasteiger charge is 2.06. The molecule has 0 aliphatic carbocycles. The van der Waals surface area contributed by atoms with Crippen molar-refractivity contribution in [3.63, 3.8) is 0 Å². The van der Waals surface area contributed by atoms with Crippen molar-refractivity contribution in [3.05, 3.63) is 41.4 Å². The van der Waals surface area contributed by atoms with Crippen LogP contribution in [0.1, 0.15) is 26.3 Å². The van der Waals surface area contributed by atoms with Gasteiger partial charge in [0.15, 0.2) is 0 Å². The predicted molar refractivity (Wildman–Crippen MR) is 75.9 cm³/mol. The first-order valence-corrected chi connectivity index (χ1v) is 6.49. The third-order valence-electron chi connectivity index (χ3n) is 2.48. The zero-order valence-electron chi connectivity index (χ0n) is 11.3. The van der Waals surface area contributed by atoms with E-state index in [2.05, 4.69) is 18.0 Å². The Bertz CT molecular complexity index is 494.